The molecule has 2 aromatic carbocycles. The molecule has 3 aromatic rings. The zero-order valence-electron chi connectivity index (χ0n) is 16.3. The molecule has 2 aliphatic rings. The van der Waals surface area contributed by atoms with E-state index in [4.69, 9.17) is 0 Å². The Morgan fingerprint density at radius 3 is 2.70 bits per heavy atom. The molecule has 2 amide bonds. The van der Waals surface area contributed by atoms with E-state index in [-0.39, 0.29) is 17.6 Å². The van der Waals surface area contributed by atoms with E-state index in [1.807, 2.05) is 36.6 Å². The first-order chi connectivity index (χ1) is 14.5. The lowest BCUT2D eigenvalue weighted by molar-refractivity contribution is -0.123. The molecule has 2 aliphatic heterocycles. The van der Waals surface area contributed by atoms with Gasteiger partial charge in [0.1, 0.15) is 5.82 Å². The van der Waals surface area contributed by atoms with Crippen LogP contribution in [0.4, 0.5) is 10.1 Å². The highest BCUT2D eigenvalue weighted by atomic mass is 32.2. The molecule has 30 heavy (non-hydrogen) atoms. The second kappa shape index (κ2) is 7.25. The summed E-state index contributed by atoms with van der Waals surface area (Å²) >= 11 is 2.91. The first-order valence-electron chi connectivity index (χ1n) is 9.68. The van der Waals surface area contributed by atoms with Gasteiger partial charge in [-0.15, -0.1) is 23.1 Å². The summed E-state index contributed by atoms with van der Waals surface area (Å²) < 4.78 is 13.3. The van der Waals surface area contributed by atoms with E-state index in [2.05, 4.69) is 0 Å². The van der Waals surface area contributed by atoms with Crippen LogP contribution in [0.1, 0.15) is 26.4 Å². The highest BCUT2D eigenvalue weighted by Crippen LogP contribution is 2.55. The minimum atomic E-state index is -1.05. The molecule has 0 N–H and O–H groups in total. The minimum Gasteiger partial charge on any atom is -0.310 e. The van der Waals surface area contributed by atoms with Gasteiger partial charge in [0.05, 0.1) is 17.1 Å². The number of carbonyl (C=O) groups excluding carboxylic acids is 2. The van der Waals surface area contributed by atoms with Crippen LogP contribution >= 0.6 is 23.1 Å². The van der Waals surface area contributed by atoms with Crippen LogP contribution < -0.4 is 4.90 Å². The molecule has 7 heteroatoms. The number of anilines is 1. The van der Waals surface area contributed by atoms with Gasteiger partial charge in [0, 0.05) is 17.9 Å². The fraction of sp³-hybridized carbons (Fsp3) is 0.217. The van der Waals surface area contributed by atoms with Gasteiger partial charge in [-0.3, -0.25) is 9.59 Å². The molecule has 1 saturated heterocycles. The van der Waals surface area contributed by atoms with Crippen molar-refractivity contribution in [2.45, 2.75) is 18.3 Å². The number of thiophene rings is 1. The molecular formula is C23H19FN2O2S2. The summed E-state index contributed by atoms with van der Waals surface area (Å²) in [5.74, 6) is 0.165. The third-order valence-corrected chi connectivity index (χ3v) is 7.86. The second-order valence-corrected chi connectivity index (χ2v) is 9.70. The Labute approximate surface area is 182 Å². The molecule has 1 fully saturated rings. The van der Waals surface area contributed by atoms with Crippen LogP contribution in [0.15, 0.2) is 60.0 Å². The zero-order chi connectivity index (χ0) is 20.9. The topological polar surface area (TPSA) is 40.6 Å². The number of halogens is 1. The Morgan fingerprint density at radius 2 is 1.97 bits per heavy atom. The van der Waals surface area contributed by atoms with E-state index in [0.29, 0.717) is 23.7 Å². The molecule has 0 unspecified atom stereocenters. The van der Waals surface area contributed by atoms with Gasteiger partial charge in [0.15, 0.2) is 4.87 Å². The zero-order valence-corrected chi connectivity index (χ0v) is 17.9. The lowest BCUT2D eigenvalue weighted by atomic mass is 10.0. The summed E-state index contributed by atoms with van der Waals surface area (Å²) in [6.45, 7) is 2.84. The maximum Gasteiger partial charge on any atom is 0.268 e. The summed E-state index contributed by atoms with van der Waals surface area (Å²) in [6, 6.07) is 15.8. The number of thioether (sulfide) groups is 1. The average molecular weight is 439 g/mol. The maximum absolute atomic E-state index is 13.9. The number of hydrogen-bond acceptors (Lipinski definition) is 4. The van der Waals surface area contributed by atoms with E-state index in [1.54, 1.807) is 28.0 Å². The largest absolute Gasteiger partial charge is 0.310 e. The number of fused-ring (bicyclic) bond motifs is 2. The summed E-state index contributed by atoms with van der Waals surface area (Å²) in [4.78, 5) is 30.3. The van der Waals surface area contributed by atoms with Crippen molar-refractivity contribution < 1.29 is 14.0 Å². The number of carbonyl (C=O) groups is 2. The molecule has 3 heterocycles. The third-order valence-electron chi connectivity index (χ3n) is 5.58. The van der Waals surface area contributed by atoms with Crippen molar-refractivity contribution in [3.63, 3.8) is 0 Å². The van der Waals surface area contributed by atoms with Gasteiger partial charge in [0.2, 0.25) is 0 Å². The minimum absolute atomic E-state index is 0.111. The lowest BCUT2D eigenvalue weighted by Crippen LogP contribution is -2.50. The van der Waals surface area contributed by atoms with Gasteiger partial charge in [-0.05, 0) is 42.1 Å². The Balaban J connectivity index is 1.60. The van der Waals surface area contributed by atoms with Gasteiger partial charge >= 0.3 is 0 Å². The monoisotopic (exact) mass is 438 g/mol. The molecular weight excluding hydrogens is 419 g/mol. The Hall–Kier alpha value is -2.64. The molecule has 1 atom stereocenters. The van der Waals surface area contributed by atoms with Crippen LogP contribution in [0.2, 0.25) is 0 Å². The SMILES string of the molecule is Cc1ccc2c(c1)[C@]1(SCCN1C(=O)c1cccs1)C(=O)N2Cc1ccc(F)cc1. The van der Waals surface area contributed by atoms with Crippen molar-refractivity contribution >= 4 is 40.6 Å². The number of aryl methyl sites for hydroxylation is 1. The first-order valence-corrected chi connectivity index (χ1v) is 11.5. The highest BCUT2D eigenvalue weighted by Gasteiger charge is 2.59. The van der Waals surface area contributed by atoms with Crippen LogP contribution in [-0.4, -0.2) is 29.0 Å². The van der Waals surface area contributed by atoms with Gasteiger partial charge in [-0.1, -0.05) is 35.9 Å². The van der Waals surface area contributed by atoms with E-state index in [1.165, 1.54) is 35.2 Å². The normalized spacial score (nSPS) is 20.3. The smallest absolute Gasteiger partial charge is 0.268 e. The number of nitrogens with zero attached hydrogens (tertiary/aromatic N) is 2. The second-order valence-electron chi connectivity index (χ2n) is 7.46. The van der Waals surface area contributed by atoms with E-state index in [0.717, 1.165) is 22.4 Å². The van der Waals surface area contributed by atoms with Crippen molar-refractivity contribution in [2.75, 3.05) is 17.2 Å². The Bertz CT molecular complexity index is 1130. The molecule has 0 radical (unpaired) electrons. The predicted octanol–water partition coefficient (Wildman–Crippen LogP) is 4.78. The average Bonchev–Trinajstić information content (AvgIpc) is 3.47. The van der Waals surface area contributed by atoms with E-state index in [9.17, 15) is 14.0 Å². The predicted molar refractivity (Wildman–Crippen MR) is 118 cm³/mol. The molecule has 152 valence electrons. The van der Waals surface area contributed by atoms with Crippen LogP contribution in [0.3, 0.4) is 0 Å². The molecule has 5 rings (SSSR count). The summed E-state index contributed by atoms with van der Waals surface area (Å²) in [7, 11) is 0. The van der Waals surface area contributed by atoms with Crippen LogP contribution in [0, 0.1) is 12.7 Å². The van der Waals surface area contributed by atoms with Crippen molar-refractivity contribution in [1.29, 1.82) is 0 Å². The first kappa shape index (κ1) is 19.3. The van der Waals surface area contributed by atoms with Gasteiger partial charge in [-0.2, -0.15) is 0 Å². The number of hydrogen-bond donors (Lipinski definition) is 0. The summed E-state index contributed by atoms with van der Waals surface area (Å²) in [5, 5.41) is 1.87. The Kier molecular flexibility index (Phi) is 4.67. The van der Waals surface area contributed by atoms with Crippen LogP contribution in [0.5, 0.6) is 0 Å². The quantitative estimate of drug-likeness (QED) is 0.591. The molecule has 0 aliphatic carbocycles. The maximum atomic E-state index is 13.9. The van der Waals surface area contributed by atoms with E-state index < -0.39 is 4.87 Å². The van der Waals surface area contributed by atoms with Crippen molar-refractivity contribution in [2.24, 2.45) is 0 Å². The summed E-state index contributed by atoms with van der Waals surface area (Å²) in [5.41, 5.74) is 3.56. The fourth-order valence-electron chi connectivity index (χ4n) is 4.19. The van der Waals surface area contributed by atoms with Crippen LogP contribution in [0.25, 0.3) is 0 Å². The van der Waals surface area contributed by atoms with Gasteiger partial charge in [0.25, 0.3) is 11.8 Å². The molecule has 1 aromatic heterocycles. The van der Waals surface area contributed by atoms with E-state index >= 15 is 0 Å². The molecule has 0 saturated carbocycles. The summed E-state index contributed by atoms with van der Waals surface area (Å²) in [6.07, 6.45) is 0. The van der Waals surface area contributed by atoms with Gasteiger partial charge < -0.3 is 9.80 Å². The molecule has 1 spiro atoms. The number of rotatable bonds is 3. The lowest BCUT2D eigenvalue weighted by Gasteiger charge is -2.33. The van der Waals surface area contributed by atoms with Crippen molar-refractivity contribution in [1.82, 2.24) is 4.90 Å². The fourth-order valence-corrected chi connectivity index (χ4v) is 6.32. The van der Waals surface area contributed by atoms with Crippen molar-refractivity contribution in [3.8, 4) is 0 Å². The van der Waals surface area contributed by atoms with Gasteiger partial charge in [-0.25, -0.2) is 4.39 Å². The molecule has 0 bridgehead atoms. The standard InChI is InChI=1S/C23H19FN2O2S2/c1-15-4-9-19-18(13-15)23(22(28)25(19)14-16-5-7-17(24)8-6-16)26(10-12-30-23)21(27)20-3-2-11-29-20/h2-9,11,13H,10,12,14H2,1H3/t23-/m0/s1. The Morgan fingerprint density at radius 1 is 1.17 bits per heavy atom. The number of benzene rings is 2. The molecule has 4 nitrogen and oxygen atoms in total. The van der Waals surface area contributed by atoms with Crippen LogP contribution in [-0.2, 0) is 16.2 Å². The highest BCUT2D eigenvalue weighted by molar-refractivity contribution is 8.01. The third kappa shape index (κ3) is 2.87. The number of amides is 2. The van der Waals surface area contributed by atoms with Crippen molar-refractivity contribution in [3.05, 3.63) is 87.4 Å².